The monoisotopic (exact) mass is 745 g/mol. The highest BCUT2D eigenvalue weighted by molar-refractivity contribution is 7.92. The van der Waals surface area contributed by atoms with Crippen LogP contribution in [0.3, 0.4) is 0 Å². The molecule has 0 aliphatic heterocycles. The lowest BCUT2D eigenvalue weighted by Crippen LogP contribution is -2.55. The zero-order valence-electron chi connectivity index (χ0n) is 26.0. The molecule has 0 heterocycles. The lowest BCUT2D eigenvalue weighted by atomic mass is 9.94. The van der Waals surface area contributed by atoms with E-state index in [9.17, 15) is 18.0 Å². The van der Waals surface area contributed by atoms with Crippen LogP contribution in [0.25, 0.3) is 0 Å². The molecule has 4 aromatic rings. The zero-order valence-corrected chi connectivity index (χ0v) is 29.8. The second-order valence-electron chi connectivity index (χ2n) is 11.8. The van der Waals surface area contributed by atoms with Crippen molar-refractivity contribution < 1.29 is 18.0 Å². The molecular formula is C36H35Cl4N3O4S. The van der Waals surface area contributed by atoms with E-state index < -0.39 is 28.5 Å². The van der Waals surface area contributed by atoms with Gasteiger partial charge >= 0.3 is 0 Å². The van der Waals surface area contributed by atoms with Gasteiger partial charge in [0.2, 0.25) is 11.8 Å². The fraction of sp³-hybridized carbons (Fsp3) is 0.278. The number of amides is 2. The average Bonchev–Trinajstić information content (AvgIpc) is 3.07. The van der Waals surface area contributed by atoms with Crippen LogP contribution in [-0.2, 0) is 32.6 Å². The molecule has 0 spiro atoms. The molecule has 0 unspecified atom stereocenters. The minimum absolute atomic E-state index is 0.0185. The number of anilines is 1. The minimum atomic E-state index is -4.30. The number of nitrogens with one attached hydrogen (secondary N) is 1. The van der Waals surface area contributed by atoms with Crippen LogP contribution < -0.4 is 9.62 Å². The molecule has 1 atom stereocenters. The van der Waals surface area contributed by atoms with Crippen molar-refractivity contribution in [1.29, 1.82) is 0 Å². The van der Waals surface area contributed by atoms with Gasteiger partial charge in [-0.25, -0.2) is 8.42 Å². The van der Waals surface area contributed by atoms with Gasteiger partial charge in [-0.2, -0.15) is 0 Å². The molecule has 0 radical (unpaired) electrons. The van der Waals surface area contributed by atoms with Crippen molar-refractivity contribution in [3.63, 3.8) is 0 Å². The van der Waals surface area contributed by atoms with Gasteiger partial charge in [0.15, 0.2) is 0 Å². The van der Waals surface area contributed by atoms with Gasteiger partial charge in [0.05, 0.1) is 20.6 Å². The van der Waals surface area contributed by atoms with Crippen molar-refractivity contribution in [1.82, 2.24) is 10.2 Å². The fourth-order valence-electron chi connectivity index (χ4n) is 5.86. The highest BCUT2D eigenvalue weighted by Gasteiger charge is 2.35. The molecule has 252 valence electrons. The van der Waals surface area contributed by atoms with Crippen molar-refractivity contribution in [2.24, 2.45) is 0 Å². The maximum atomic E-state index is 14.7. The predicted octanol–water partition coefficient (Wildman–Crippen LogP) is 8.58. The summed E-state index contributed by atoms with van der Waals surface area (Å²) < 4.78 is 29.3. The van der Waals surface area contributed by atoms with Gasteiger partial charge in [-0.3, -0.25) is 13.9 Å². The summed E-state index contributed by atoms with van der Waals surface area (Å²) in [6.07, 6.45) is 5.03. The number of carbonyl (C=O) groups is 2. The van der Waals surface area contributed by atoms with E-state index in [0.29, 0.717) is 10.6 Å². The molecule has 1 aliphatic carbocycles. The van der Waals surface area contributed by atoms with Crippen LogP contribution in [0.2, 0.25) is 20.1 Å². The summed E-state index contributed by atoms with van der Waals surface area (Å²) in [6, 6.07) is 25.5. The predicted molar refractivity (Wildman–Crippen MR) is 193 cm³/mol. The van der Waals surface area contributed by atoms with Crippen molar-refractivity contribution in [3.05, 3.63) is 128 Å². The van der Waals surface area contributed by atoms with Crippen LogP contribution in [0, 0.1) is 0 Å². The second-order valence-corrected chi connectivity index (χ2v) is 15.3. The molecule has 1 N–H and O–H groups in total. The van der Waals surface area contributed by atoms with E-state index in [1.165, 1.54) is 35.2 Å². The quantitative estimate of drug-likeness (QED) is 0.157. The van der Waals surface area contributed by atoms with Crippen molar-refractivity contribution in [2.45, 2.75) is 62.0 Å². The maximum Gasteiger partial charge on any atom is 0.264 e. The third-order valence-corrected chi connectivity index (χ3v) is 11.3. The molecule has 5 rings (SSSR count). The van der Waals surface area contributed by atoms with Gasteiger partial charge in [-0.05, 0) is 66.4 Å². The van der Waals surface area contributed by atoms with Crippen molar-refractivity contribution in [3.8, 4) is 0 Å². The largest absolute Gasteiger partial charge is 0.352 e. The highest BCUT2D eigenvalue weighted by atomic mass is 35.5. The molecule has 1 saturated carbocycles. The van der Waals surface area contributed by atoms with Gasteiger partial charge in [0, 0.05) is 29.1 Å². The Bertz CT molecular complexity index is 1820. The standard InChI is InChI=1S/C36H35Cl4N3O4S/c37-27-20-28(38)22-30(21-27)43(48(46,47)31-14-8-3-9-15-31)24-35(44)42(23-26-16-17-32(39)33(40)18-26)34(19-25-10-4-1-5-11-25)36(45)41-29-12-6-2-7-13-29/h1,3-5,8-11,14-18,20-22,29,34H,2,6-7,12-13,19,23-24H2,(H,41,45)/t34-/m0/s1. The van der Waals surface area contributed by atoms with E-state index >= 15 is 0 Å². The topological polar surface area (TPSA) is 86.8 Å². The Morgan fingerprint density at radius 3 is 2.00 bits per heavy atom. The highest BCUT2D eigenvalue weighted by Crippen LogP contribution is 2.31. The molecule has 12 heteroatoms. The summed E-state index contributed by atoms with van der Waals surface area (Å²) in [5.74, 6) is -0.932. The number of nitrogens with zero attached hydrogens (tertiary/aromatic N) is 2. The van der Waals surface area contributed by atoms with Gasteiger partial charge in [-0.1, -0.05) is 120 Å². The number of sulfonamides is 1. The van der Waals surface area contributed by atoms with Crippen LogP contribution in [-0.4, -0.2) is 43.8 Å². The third kappa shape index (κ3) is 9.24. The first-order chi connectivity index (χ1) is 23.0. The zero-order chi connectivity index (χ0) is 34.3. The third-order valence-electron chi connectivity index (χ3n) is 8.30. The normalized spacial score (nSPS) is 14.2. The summed E-state index contributed by atoms with van der Waals surface area (Å²) in [6.45, 7) is -0.682. The van der Waals surface area contributed by atoms with Crippen LogP contribution in [0.5, 0.6) is 0 Å². The Hall–Kier alpha value is -3.27. The van der Waals surface area contributed by atoms with Crippen LogP contribution >= 0.6 is 46.4 Å². The van der Waals surface area contributed by atoms with Crippen LogP contribution in [0.1, 0.15) is 43.2 Å². The van der Waals surface area contributed by atoms with E-state index in [1.807, 2.05) is 30.3 Å². The molecule has 1 fully saturated rings. The molecule has 7 nitrogen and oxygen atoms in total. The number of benzene rings is 4. The fourth-order valence-corrected chi connectivity index (χ4v) is 8.12. The molecule has 0 bridgehead atoms. The summed E-state index contributed by atoms with van der Waals surface area (Å²) >= 11 is 25.2. The summed E-state index contributed by atoms with van der Waals surface area (Å²) in [5, 5.41) is 4.21. The molecule has 4 aromatic carbocycles. The van der Waals surface area contributed by atoms with Gasteiger partial charge < -0.3 is 10.2 Å². The number of halogens is 4. The lowest BCUT2D eigenvalue weighted by molar-refractivity contribution is -0.140. The maximum absolute atomic E-state index is 14.7. The molecule has 0 aromatic heterocycles. The Kier molecular flexibility index (Phi) is 12.3. The van der Waals surface area contributed by atoms with E-state index in [1.54, 1.807) is 36.4 Å². The number of hydrogen-bond acceptors (Lipinski definition) is 4. The van der Waals surface area contributed by atoms with E-state index in [4.69, 9.17) is 46.4 Å². The Labute approximate surface area is 301 Å². The van der Waals surface area contributed by atoms with Gasteiger partial charge in [-0.15, -0.1) is 0 Å². The average molecular weight is 748 g/mol. The van der Waals surface area contributed by atoms with Gasteiger partial charge in [0.1, 0.15) is 12.6 Å². The van der Waals surface area contributed by atoms with Crippen molar-refractivity contribution >= 4 is 73.9 Å². The van der Waals surface area contributed by atoms with Crippen molar-refractivity contribution in [2.75, 3.05) is 10.8 Å². The number of carbonyl (C=O) groups excluding carboxylic acids is 2. The summed E-state index contributed by atoms with van der Waals surface area (Å²) in [4.78, 5) is 30.3. The summed E-state index contributed by atoms with van der Waals surface area (Å²) in [7, 11) is -4.30. The molecule has 0 saturated heterocycles. The lowest BCUT2D eigenvalue weighted by Gasteiger charge is -2.35. The first-order valence-electron chi connectivity index (χ1n) is 15.6. The molecular weight excluding hydrogens is 712 g/mol. The first kappa shape index (κ1) is 36.0. The van der Waals surface area contributed by atoms with Crippen LogP contribution in [0.4, 0.5) is 5.69 Å². The number of hydrogen-bond donors (Lipinski definition) is 1. The smallest absolute Gasteiger partial charge is 0.264 e. The second kappa shape index (κ2) is 16.4. The minimum Gasteiger partial charge on any atom is -0.352 e. The van der Waals surface area contributed by atoms with E-state index in [0.717, 1.165) is 42.0 Å². The Balaban J connectivity index is 1.59. The molecule has 2 amide bonds. The Morgan fingerprint density at radius 2 is 1.38 bits per heavy atom. The number of rotatable bonds is 12. The van der Waals surface area contributed by atoms with Gasteiger partial charge in [0.25, 0.3) is 10.0 Å². The Morgan fingerprint density at radius 1 is 0.750 bits per heavy atom. The van der Waals surface area contributed by atoms with E-state index in [-0.39, 0.29) is 50.6 Å². The van der Waals surface area contributed by atoms with Crippen LogP contribution in [0.15, 0.2) is 102 Å². The molecule has 48 heavy (non-hydrogen) atoms. The molecule has 1 aliphatic rings. The summed E-state index contributed by atoms with van der Waals surface area (Å²) in [5.41, 5.74) is 1.55. The van der Waals surface area contributed by atoms with E-state index in [2.05, 4.69) is 5.32 Å². The first-order valence-corrected chi connectivity index (χ1v) is 18.6. The SMILES string of the molecule is O=C(NC1CCCCC1)[C@H](Cc1ccccc1)N(Cc1ccc(Cl)c(Cl)c1)C(=O)CN(c1cc(Cl)cc(Cl)c1)S(=O)(=O)c1ccccc1.